The second-order valence-corrected chi connectivity index (χ2v) is 7.37. The summed E-state index contributed by atoms with van der Waals surface area (Å²) in [5, 5.41) is 2.70. The number of halogens is 3. The van der Waals surface area contributed by atoms with Crippen LogP contribution in [0.4, 0.5) is 19.1 Å². The van der Waals surface area contributed by atoms with Crippen LogP contribution in [-0.4, -0.2) is 25.3 Å². The Kier molecular flexibility index (Phi) is 4.47. The van der Waals surface area contributed by atoms with Crippen molar-refractivity contribution in [3.63, 3.8) is 0 Å². The van der Waals surface area contributed by atoms with Crippen LogP contribution >= 0.6 is 0 Å². The van der Waals surface area contributed by atoms with Gasteiger partial charge in [0.2, 0.25) is 5.95 Å². The van der Waals surface area contributed by atoms with Gasteiger partial charge in [0, 0.05) is 11.9 Å². The Morgan fingerprint density at radius 3 is 2.47 bits per heavy atom. The van der Waals surface area contributed by atoms with E-state index in [9.17, 15) is 18.0 Å². The van der Waals surface area contributed by atoms with Gasteiger partial charge in [-0.2, -0.15) is 13.2 Å². The number of carbonyl (C=O) groups excluding carboxylic acids is 1. The SMILES string of the molecule is Cc1cccc2nc(C(=O)Nc3nc4cc(-c5ccc(C(F)(F)F)cc5)ccc4[nH]3)cn12. The number of alkyl halides is 3. The van der Waals surface area contributed by atoms with Crippen molar-refractivity contribution in [1.29, 1.82) is 0 Å². The van der Waals surface area contributed by atoms with Gasteiger partial charge in [0.15, 0.2) is 0 Å². The topological polar surface area (TPSA) is 75.1 Å². The van der Waals surface area contributed by atoms with Gasteiger partial charge in [-0.15, -0.1) is 0 Å². The Labute approximate surface area is 179 Å². The Balaban J connectivity index is 1.40. The fraction of sp³-hybridized carbons (Fsp3) is 0.0870. The molecule has 0 saturated carbocycles. The molecule has 160 valence electrons. The predicted octanol–water partition coefficient (Wildman–Crippen LogP) is 5.46. The minimum Gasteiger partial charge on any atom is -0.324 e. The standard InChI is InChI=1S/C23H16F3N5O/c1-13-3-2-4-20-27-19(12-31(13)20)21(32)30-22-28-17-10-7-15(11-18(17)29-22)14-5-8-16(9-6-14)23(24,25)26/h2-12H,1H3,(H2,28,29,30,32). The van der Waals surface area contributed by atoms with E-state index in [1.54, 1.807) is 24.4 Å². The van der Waals surface area contributed by atoms with Crippen LogP contribution in [0.3, 0.4) is 0 Å². The number of H-pyrrole nitrogens is 1. The third kappa shape index (κ3) is 3.58. The summed E-state index contributed by atoms with van der Waals surface area (Å²) in [5.74, 6) is -0.154. The van der Waals surface area contributed by atoms with Gasteiger partial charge >= 0.3 is 6.18 Å². The van der Waals surface area contributed by atoms with Gasteiger partial charge in [0.25, 0.3) is 5.91 Å². The molecule has 6 nitrogen and oxygen atoms in total. The zero-order valence-electron chi connectivity index (χ0n) is 16.7. The van der Waals surface area contributed by atoms with Crippen LogP contribution in [0.5, 0.6) is 0 Å². The van der Waals surface area contributed by atoms with Crippen LogP contribution < -0.4 is 5.32 Å². The number of anilines is 1. The zero-order chi connectivity index (χ0) is 22.5. The molecule has 1 amide bonds. The third-order valence-electron chi connectivity index (χ3n) is 5.19. The monoisotopic (exact) mass is 435 g/mol. The van der Waals surface area contributed by atoms with Crippen molar-refractivity contribution in [2.45, 2.75) is 13.1 Å². The van der Waals surface area contributed by atoms with Crippen molar-refractivity contribution < 1.29 is 18.0 Å². The minimum atomic E-state index is -4.38. The number of aromatic amines is 1. The van der Waals surface area contributed by atoms with Crippen LogP contribution in [0.1, 0.15) is 21.7 Å². The third-order valence-corrected chi connectivity index (χ3v) is 5.19. The van der Waals surface area contributed by atoms with Gasteiger partial charge in [-0.05, 0) is 54.4 Å². The number of rotatable bonds is 3. The Hall–Kier alpha value is -4.14. The zero-order valence-corrected chi connectivity index (χ0v) is 16.7. The van der Waals surface area contributed by atoms with Crippen LogP contribution in [0.25, 0.3) is 27.8 Å². The molecule has 5 aromatic rings. The summed E-state index contributed by atoms with van der Waals surface area (Å²) >= 11 is 0. The number of fused-ring (bicyclic) bond motifs is 2. The first-order valence-corrected chi connectivity index (χ1v) is 9.71. The van der Waals surface area contributed by atoms with Gasteiger partial charge in [0.05, 0.1) is 16.6 Å². The van der Waals surface area contributed by atoms with E-state index in [1.807, 2.05) is 29.5 Å². The molecule has 0 spiro atoms. The van der Waals surface area contributed by atoms with Gasteiger partial charge < -0.3 is 9.38 Å². The molecule has 0 atom stereocenters. The molecule has 5 rings (SSSR count). The smallest absolute Gasteiger partial charge is 0.324 e. The lowest BCUT2D eigenvalue weighted by Gasteiger charge is -2.07. The van der Waals surface area contributed by atoms with E-state index in [0.717, 1.165) is 17.8 Å². The molecule has 9 heteroatoms. The molecule has 0 radical (unpaired) electrons. The van der Waals surface area contributed by atoms with Crippen molar-refractivity contribution in [1.82, 2.24) is 19.4 Å². The van der Waals surface area contributed by atoms with Gasteiger partial charge in [-0.3, -0.25) is 10.1 Å². The number of benzene rings is 2. The predicted molar refractivity (Wildman–Crippen MR) is 114 cm³/mol. The number of nitrogens with one attached hydrogen (secondary N) is 2. The molecule has 3 heterocycles. The van der Waals surface area contributed by atoms with Gasteiger partial charge in [0.1, 0.15) is 11.3 Å². The number of nitrogens with zero attached hydrogens (tertiary/aromatic N) is 3. The molecule has 32 heavy (non-hydrogen) atoms. The highest BCUT2D eigenvalue weighted by Crippen LogP contribution is 2.31. The molecular weight excluding hydrogens is 419 g/mol. The number of pyridine rings is 1. The van der Waals surface area contributed by atoms with Crippen molar-refractivity contribution >= 4 is 28.5 Å². The Bertz CT molecular complexity index is 1470. The Morgan fingerprint density at radius 2 is 1.75 bits per heavy atom. The van der Waals surface area contributed by atoms with E-state index in [0.29, 0.717) is 27.8 Å². The maximum Gasteiger partial charge on any atom is 0.416 e. The van der Waals surface area contributed by atoms with Crippen molar-refractivity contribution in [2.24, 2.45) is 0 Å². The fourth-order valence-electron chi connectivity index (χ4n) is 3.53. The number of amides is 1. The molecule has 0 aliphatic carbocycles. The van der Waals surface area contributed by atoms with Crippen LogP contribution in [0.15, 0.2) is 66.9 Å². The lowest BCUT2D eigenvalue weighted by molar-refractivity contribution is -0.137. The summed E-state index contributed by atoms with van der Waals surface area (Å²) < 4.78 is 40.2. The summed E-state index contributed by atoms with van der Waals surface area (Å²) in [6.45, 7) is 1.92. The van der Waals surface area contributed by atoms with Crippen molar-refractivity contribution in [3.05, 3.63) is 83.8 Å². The van der Waals surface area contributed by atoms with E-state index in [1.165, 1.54) is 12.1 Å². The van der Waals surface area contributed by atoms with E-state index >= 15 is 0 Å². The lowest BCUT2D eigenvalue weighted by atomic mass is 10.0. The lowest BCUT2D eigenvalue weighted by Crippen LogP contribution is -2.13. The van der Waals surface area contributed by atoms with Crippen LogP contribution in [0.2, 0.25) is 0 Å². The maximum atomic E-state index is 12.8. The normalized spacial score (nSPS) is 11.9. The highest BCUT2D eigenvalue weighted by Gasteiger charge is 2.30. The van der Waals surface area contributed by atoms with Crippen molar-refractivity contribution in [2.75, 3.05) is 5.32 Å². The first-order valence-electron chi connectivity index (χ1n) is 9.71. The second-order valence-electron chi connectivity index (χ2n) is 7.37. The minimum absolute atomic E-state index is 0.253. The summed E-state index contributed by atoms with van der Waals surface area (Å²) in [5.41, 5.74) is 3.78. The molecule has 0 aliphatic heterocycles. The molecule has 3 aromatic heterocycles. The fourth-order valence-corrected chi connectivity index (χ4v) is 3.53. The molecule has 0 aliphatic rings. The van der Waals surface area contributed by atoms with E-state index in [2.05, 4.69) is 20.3 Å². The quantitative estimate of drug-likeness (QED) is 0.395. The molecule has 0 saturated heterocycles. The number of hydrogen-bond acceptors (Lipinski definition) is 3. The van der Waals surface area contributed by atoms with Crippen LogP contribution in [0, 0.1) is 6.92 Å². The molecule has 2 N–H and O–H groups in total. The Morgan fingerprint density at radius 1 is 1.00 bits per heavy atom. The van der Waals surface area contributed by atoms with E-state index < -0.39 is 17.6 Å². The maximum absolute atomic E-state index is 12.8. The van der Waals surface area contributed by atoms with E-state index in [-0.39, 0.29) is 11.6 Å². The first-order chi connectivity index (χ1) is 15.3. The highest BCUT2D eigenvalue weighted by atomic mass is 19.4. The number of aromatic nitrogens is 4. The molecule has 0 fully saturated rings. The van der Waals surface area contributed by atoms with Crippen LogP contribution in [-0.2, 0) is 6.18 Å². The number of imidazole rings is 2. The number of hydrogen-bond donors (Lipinski definition) is 2. The number of aryl methyl sites for hydroxylation is 1. The molecule has 0 unspecified atom stereocenters. The second kappa shape index (κ2) is 7.23. The van der Waals surface area contributed by atoms with Gasteiger partial charge in [-0.25, -0.2) is 9.97 Å². The summed E-state index contributed by atoms with van der Waals surface area (Å²) in [4.78, 5) is 24.4. The van der Waals surface area contributed by atoms with Gasteiger partial charge in [-0.1, -0.05) is 24.3 Å². The highest BCUT2D eigenvalue weighted by molar-refractivity contribution is 6.03. The average Bonchev–Trinajstić information content (AvgIpc) is 3.37. The molecule has 0 bridgehead atoms. The first kappa shape index (κ1) is 19.8. The average molecular weight is 435 g/mol. The summed E-state index contributed by atoms with van der Waals surface area (Å²) in [7, 11) is 0. The number of carbonyl (C=O) groups is 1. The molecular formula is C23H16F3N5O. The molecule has 2 aromatic carbocycles. The van der Waals surface area contributed by atoms with Crippen molar-refractivity contribution in [3.8, 4) is 11.1 Å². The summed E-state index contributed by atoms with van der Waals surface area (Å²) in [6, 6.07) is 15.8. The van der Waals surface area contributed by atoms with E-state index in [4.69, 9.17) is 0 Å². The summed E-state index contributed by atoms with van der Waals surface area (Å²) in [6.07, 6.45) is -2.72. The largest absolute Gasteiger partial charge is 0.416 e.